The number of nitrogens with zero attached hydrogens (tertiary/aromatic N) is 1. The number of hydrogen-bond donors (Lipinski definition) is 2. The smallest absolute Gasteiger partial charge is 0.345 e. The number of aromatic nitrogens is 1. The monoisotopic (exact) mass is 467 g/mol. The number of rotatable bonds is 8. The number of aryl methyl sites for hydroxylation is 1. The second-order valence-corrected chi connectivity index (χ2v) is 8.08. The highest BCUT2D eigenvalue weighted by atomic mass is 32.1. The van der Waals surface area contributed by atoms with Gasteiger partial charge in [-0.1, -0.05) is 0 Å². The summed E-state index contributed by atoms with van der Waals surface area (Å²) in [5, 5.41) is 8.08. The summed E-state index contributed by atoms with van der Waals surface area (Å²) in [5.74, 6) is 1.39. The highest BCUT2D eigenvalue weighted by Gasteiger charge is 2.14. The number of methoxy groups -OCH3 is 1. The molecule has 0 aliphatic rings. The maximum atomic E-state index is 12.4. The molecule has 0 radical (unpaired) electrons. The van der Waals surface area contributed by atoms with Crippen molar-refractivity contribution in [2.75, 3.05) is 12.4 Å². The van der Waals surface area contributed by atoms with Crippen molar-refractivity contribution in [2.45, 2.75) is 26.3 Å². The summed E-state index contributed by atoms with van der Waals surface area (Å²) < 4.78 is 15.9. The maximum Gasteiger partial charge on any atom is 0.345 e. The number of thiazole rings is 1. The zero-order valence-corrected chi connectivity index (χ0v) is 18.8. The van der Waals surface area contributed by atoms with E-state index in [1.165, 1.54) is 18.4 Å². The van der Waals surface area contributed by atoms with Gasteiger partial charge in [-0.05, 0) is 37.3 Å². The van der Waals surface area contributed by atoms with E-state index in [2.05, 4.69) is 15.6 Å². The molecule has 170 valence electrons. The summed E-state index contributed by atoms with van der Waals surface area (Å²) in [6, 6.07) is 10.5. The number of ether oxygens (including phenoxy) is 1. The first-order valence-electron chi connectivity index (χ1n) is 10.1. The van der Waals surface area contributed by atoms with Crippen LogP contribution in [0.4, 0.5) is 5.13 Å². The van der Waals surface area contributed by atoms with Crippen LogP contribution in [0, 0.1) is 6.92 Å². The molecule has 3 aromatic heterocycles. The fourth-order valence-electron chi connectivity index (χ4n) is 3.11. The summed E-state index contributed by atoms with van der Waals surface area (Å²) in [6.07, 6.45) is 0.0271. The first kappa shape index (κ1) is 22.3. The van der Waals surface area contributed by atoms with E-state index in [1.807, 2.05) is 13.0 Å². The molecule has 10 heteroatoms. The van der Waals surface area contributed by atoms with Gasteiger partial charge in [-0.15, -0.1) is 11.3 Å². The third-order valence-electron chi connectivity index (χ3n) is 4.80. The maximum absolute atomic E-state index is 12.4. The van der Waals surface area contributed by atoms with Gasteiger partial charge in [-0.2, -0.15) is 0 Å². The van der Waals surface area contributed by atoms with Crippen LogP contribution in [0.2, 0.25) is 0 Å². The number of amides is 2. The largest absolute Gasteiger partial charge is 0.497 e. The van der Waals surface area contributed by atoms with Crippen LogP contribution in [0.15, 0.2) is 55.4 Å². The van der Waals surface area contributed by atoms with Crippen molar-refractivity contribution in [3.63, 3.8) is 0 Å². The Morgan fingerprint density at radius 3 is 2.67 bits per heavy atom. The molecule has 2 amide bonds. The van der Waals surface area contributed by atoms with Gasteiger partial charge in [0.2, 0.25) is 11.8 Å². The Morgan fingerprint density at radius 1 is 1.09 bits per heavy atom. The number of benzene rings is 1. The van der Waals surface area contributed by atoms with Gasteiger partial charge in [-0.25, -0.2) is 9.78 Å². The van der Waals surface area contributed by atoms with Gasteiger partial charge in [0.1, 0.15) is 22.9 Å². The molecule has 0 aliphatic carbocycles. The van der Waals surface area contributed by atoms with Gasteiger partial charge in [0.25, 0.3) is 0 Å². The lowest BCUT2D eigenvalue weighted by atomic mass is 10.1. The van der Waals surface area contributed by atoms with Gasteiger partial charge < -0.3 is 24.2 Å². The molecule has 0 saturated heterocycles. The number of furan rings is 1. The number of carbonyl (C=O) groups excluding carboxylic acids is 2. The molecular formula is C23H21N3O6S. The van der Waals surface area contributed by atoms with Crippen molar-refractivity contribution in [3.8, 4) is 17.0 Å². The highest BCUT2D eigenvalue weighted by molar-refractivity contribution is 7.14. The minimum absolute atomic E-state index is 0.00211. The van der Waals surface area contributed by atoms with Gasteiger partial charge in [0.15, 0.2) is 5.13 Å². The van der Waals surface area contributed by atoms with Crippen LogP contribution in [0.25, 0.3) is 22.2 Å². The van der Waals surface area contributed by atoms with Crippen LogP contribution >= 0.6 is 11.3 Å². The molecule has 33 heavy (non-hydrogen) atoms. The molecule has 2 N–H and O–H groups in total. The molecule has 4 rings (SSSR count). The SMILES string of the molecule is COc1ccc2cc(-c3csc(NC(=O)CCC(=O)NCc4ccc(C)o4)n3)c(=O)oc2c1. The normalized spacial score (nSPS) is 10.8. The third-order valence-corrected chi connectivity index (χ3v) is 5.56. The second-order valence-electron chi connectivity index (χ2n) is 7.23. The molecule has 0 spiro atoms. The summed E-state index contributed by atoms with van der Waals surface area (Å²) in [7, 11) is 1.53. The summed E-state index contributed by atoms with van der Waals surface area (Å²) in [5.41, 5.74) is 0.555. The standard InChI is InChI=1S/C23H21N3O6S/c1-13-3-5-16(31-13)11-24-20(27)7-8-21(28)26-23-25-18(12-33-23)17-9-14-4-6-15(30-2)10-19(14)32-22(17)29/h3-6,9-10,12H,7-8,11H2,1-2H3,(H,24,27)(H,25,26,28). The molecule has 0 saturated carbocycles. The van der Waals surface area contributed by atoms with E-state index < -0.39 is 5.63 Å². The Hall–Kier alpha value is -3.92. The van der Waals surface area contributed by atoms with E-state index in [9.17, 15) is 14.4 Å². The van der Waals surface area contributed by atoms with Crippen LogP contribution in [0.5, 0.6) is 5.75 Å². The molecule has 0 unspecified atom stereocenters. The zero-order chi connectivity index (χ0) is 23.4. The van der Waals surface area contributed by atoms with Crippen LogP contribution in [-0.4, -0.2) is 23.9 Å². The number of anilines is 1. The van der Waals surface area contributed by atoms with Gasteiger partial charge in [0, 0.05) is 29.7 Å². The average molecular weight is 468 g/mol. The lowest BCUT2D eigenvalue weighted by Gasteiger charge is -2.04. The van der Waals surface area contributed by atoms with Crippen LogP contribution < -0.4 is 21.0 Å². The first-order valence-corrected chi connectivity index (χ1v) is 11.0. The molecule has 3 heterocycles. The number of carbonyl (C=O) groups is 2. The highest BCUT2D eigenvalue weighted by Crippen LogP contribution is 2.27. The molecule has 9 nitrogen and oxygen atoms in total. The van der Waals surface area contributed by atoms with E-state index in [0.29, 0.717) is 27.9 Å². The Bertz CT molecular complexity index is 1370. The number of hydrogen-bond acceptors (Lipinski definition) is 8. The van der Waals surface area contributed by atoms with E-state index >= 15 is 0 Å². The predicted octanol–water partition coefficient (Wildman–Crippen LogP) is 3.86. The summed E-state index contributed by atoms with van der Waals surface area (Å²) in [4.78, 5) is 40.9. The number of nitrogens with one attached hydrogen (secondary N) is 2. The average Bonchev–Trinajstić information content (AvgIpc) is 3.44. The predicted molar refractivity (Wildman–Crippen MR) is 123 cm³/mol. The minimum Gasteiger partial charge on any atom is -0.497 e. The molecule has 0 atom stereocenters. The lowest BCUT2D eigenvalue weighted by molar-refractivity contribution is -0.124. The zero-order valence-electron chi connectivity index (χ0n) is 18.0. The third kappa shape index (κ3) is 5.47. The Morgan fingerprint density at radius 2 is 1.91 bits per heavy atom. The quantitative estimate of drug-likeness (QED) is 0.377. The van der Waals surface area contributed by atoms with Crippen LogP contribution in [0.3, 0.4) is 0 Å². The molecular weight excluding hydrogens is 446 g/mol. The van der Waals surface area contributed by atoms with E-state index in [-0.39, 0.29) is 36.8 Å². The van der Waals surface area contributed by atoms with Gasteiger partial charge in [0.05, 0.1) is 24.9 Å². The molecule has 0 bridgehead atoms. The van der Waals surface area contributed by atoms with Crippen LogP contribution in [-0.2, 0) is 16.1 Å². The van der Waals surface area contributed by atoms with Crippen molar-refractivity contribution < 1.29 is 23.2 Å². The first-order chi connectivity index (χ1) is 15.9. The molecule has 0 fully saturated rings. The van der Waals surface area contributed by atoms with Crippen molar-refractivity contribution in [3.05, 3.63) is 63.7 Å². The van der Waals surface area contributed by atoms with E-state index in [0.717, 1.165) is 11.1 Å². The van der Waals surface area contributed by atoms with Crippen molar-refractivity contribution in [1.29, 1.82) is 0 Å². The second kappa shape index (κ2) is 9.70. The summed E-state index contributed by atoms with van der Waals surface area (Å²) in [6.45, 7) is 2.09. The molecule has 4 aromatic rings. The lowest BCUT2D eigenvalue weighted by Crippen LogP contribution is -2.24. The van der Waals surface area contributed by atoms with Gasteiger partial charge in [-0.3, -0.25) is 9.59 Å². The Balaban J connectivity index is 1.34. The Kier molecular flexibility index (Phi) is 6.55. The fourth-order valence-corrected chi connectivity index (χ4v) is 3.84. The van der Waals surface area contributed by atoms with Crippen LogP contribution in [0.1, 0.15) is 24.4 Å². The van der Waals surface area contributed by atoms with Crippen molar-refractivity contribution >= 4 is 39.3 Å². The summed E-state index contributed by atoms with van der Waals surface area (Å²) >= 11 is 1.18. The fraction of sp³-hybridized carbons (Fsp3) is 0.217. The van der Waals surface area contributed by atoms with Crippen molar-refractivity contribution in [1.82, 2.24) is 10.3 Å². The van der Waals surface area contributed by atoms with Gasteiger partial charge >= 0.3 is 5.63 Å². The van der Waals surface area contributed by atoms with E-state index in [4.69, 9.17) is 13.6 Å². The van der Waals surface area contributed by atoms with E-state index in [1.54, 1.807) is 35.7 Å². The van der Waals surface area contributed by atoms with Crippen molar-refractivity contribution in [2.24, 2.45) is 0 Å². The topological polar surface area (TPSA) is 124 Å². The molecule has 1 aromatic carbocycles. The molecule has 0 aliphatic heterocycles. The number of fused-ring (bicyclic) bond motifs is 1. The minimum atomic E-state index is -0.539. The Labute approximate surface area is 192 Å².